The van der Waals surface area contributed by atoms with Gasteiger partial charge < -0.3 is 15.0 Å². The molecule has 0 aromatic carbocycles. The van der Waals surface area contributed by atoms with Crippen LogP contribution < -0.4 is 10.2 Å². The van der Waals surface area contributed by atoms with Crippen molar-refractivity contribution in [2.45, 2.75) is 25.6 Å². The van der Waals surface area contributed by atoms with Gasteiger partial charge in [-0.15, -0.1) is 0 Å². The van der Waals surface area contributed by atoms with Crippen LogP contribution in [0.2, 0.25) is 0 Å². The number of ether oxygens (including phenoxy) is 1. The van der Waals surface area contributed by atoms with Crippen LogP contribution in [0.15, 0.2) is 42.9 Å². The van der Waals surface area contributed by atoms with E-state index in [4.69, 9.17) is 4.74 Å². The van der Waals surface area contributed by atoms with Crippen LogP contribution in [0.3, 0.4) is 0 Å². The van der Waals surface area contributed by atoms with Gasteiger partial charge in [-0.3, -0.25) is 9.88 Å². The summed E-state index contributed by atoms with van der Waals surface area (Å²) in [6.45, 7) is 6.29. The van der Waals surface area contributed by atoms with Gasteiger partial charge in [-0.1, -0.05) is 0 Å². The molecule has 0 aliphatic carbocycles. The van der Waals surface area contributed by atoms with E-state index in [0.29, 0.717) is 41.6 Å². The van der Waals surface area contributed by atoms with Crippen molar-refractivity contribution in [1.82, 2.24) is 24.8 Å². The van der Waals surface area contributed by atoms with E-state index in [9.17, 15) is 9.65 Å². The van der Waals surface area contributed by atoms with Gasteiger partial charge in [0.1, 0.15) is 18.1 Å². The number of pyridine rings is 2. The van der Waals surface area contributed by atoms with Crippen molar-refractivity contribution in [1.29, 1.82) is 5.26 Å². The summed E-state index contributed by atoms with van der Waals surface area (Å²) in [7, 11) is 0. The first-order valence-electron chi connectivity index (χ1n) is 11.8. The molecule has 180 valence electrons. The van der Waals surface area contributed by atoms with E-state index in [1.54, 1.807) is 30.7 Å². The molecule has 9 nitrogen and oxygen atoms in total. The number of alkyl halides is 1. The van der Waals surface area contributed by atoms with Crippen LogP contribution >= 0.6 is 0 Å². The molecule has 5 rings (SSSR count). The molecule has 2 aliphatic rings. The highest BCUT2D eigenvalue weighted by molar-refractivity contribution is 5.67. The molecular formula is C25H27FN8O. The van der Waals surface area contributed by atoms with Crippen molar-refractivity contribution in [2.75, 3.05) is 49.6 Å². The van der Waals surface area contributed by atoms with Gasteiger partial charge in [-0.2, -0.15) is 5.26 Å². The number of aromatic nitrogens is 4. The number of halogens is 1. The third-order valence-electron chi connectivity index (χ3n) is 6.43. The zero-order valence-electron chi connectivity index (χ0n) is 19.6. The number of hydrogen-bond acceptors (Lipinski definition) is 9. The second-order valence-electron chi connectivity index (χ2n) is 8.73. The minimum Gasteiger partial charge on any atom is -0.379 e. The molecule has 3 aromatic rings. The first-order valence-corrected chi connectivity index (χ1v) is 11.8. The maximum Gasteiger partial charge on any atom is 0.227 e. The lowest BCUT2D eigenvalue weighted by molar-refractivity contribution is 0.0191. The van der Waals surface area contributed by atoms with Gasteiger partial charge >= 0.3 is 0 Å². The van der Waals surface area contributed by atoms with Crippen molar-refractivity contribution in [2.24, 2.45) is 0 Å². The smallest absolute Gasteiger partial charge is 0.227 e. The maximum atomic E-state index is 13.6. The number of rotatable bonds is 6. The summed E-state index contributed by atoms with van der Waals surface area (Å²) >= 11 is 0. The number of hydrogen-bond donors (Lipinski definition) is 1. The first-order chi connectivity index (χ1) is 17.1. The molecule has 2 atom stereocenters. The summed E-state index contributed by atoms with van der Waals surface area (Å²) in [5.41, 5.74) is 3.51. The summed E-state index contributed by atoms with van der Waals surface area (Å²) in [5.74, 6) is 0.932. The molecule has 0 radical (unpaired) electrons. The van der Waals surface area contributed by atoms with Crippen LogP contribution in [0.1, 0.15) is 30.6 Å². The fraction of sp³-hybridized carbons (Fsp3) is 0.400. The van der Waals surface area contributed by atoms with Gasteiger partial charge in [0.05, 0.1) is 48.6 Å². The van der Waals surface area contributed by atoms with E-state index in [1.807, 2.05) is 17.0 Å². The van der Waals surface area contributed by atoms with Crippen LogP contribution in [0, 0.1) is 11.3 Å². The van der Waals surface area contributed by atoms with Crippen LogP contribution in [0.5, 0.6) is 0 Å². The topological polar surface area (TPSA) is 103 Å². The predicted molar refractivity (Wildman–Crippen MR) is 130 cm³/mol. The average molecular weight is 475 g/mol. The van der Waals surface area contributed by atoms with E-state index in [2.05, 4.69) is 43.1 Å². The highest BCUT2D eigenvalue weighted by Gasteiger charge is 2.25. The Morgan fingerprint density at radius 2 is 2.00 bits per heavy atom. The monoisotopic (exact) mass is 474 g/mol. The zero-order valence-corrected chi connectivity index (χ0v) is 19.6. The Hall–Kier alpha value is -3.68. The van der Waals surface area contributed by atoms with Crippen molar-refractivity contribution >= 4 is 17.5 Å². The van der Waals surface area contributed by atoms with Crippen molar-refractivity contribution in [3.05, 3.63) is 54.1 Å². The predicted octanol–water partition coefficient (Wildman–Crippen LogP) is 3.49. The first kappa shape index (κ1) is 23.1. The number of morpholine rings is 1. The Kier molecular flexibility index (Phi) is 6.79. The molecule has 2 saturated heterocycles. The highest BCUT2D eigenvalue weighted by atomic mass is 19.1. The Morgan fingerprint density at radius 3 is 2.71 bits per heavy atom. The third kappa shape index (κ3) is 5.21. The third-order valence-corrected chi connectivity index (χ3v) is 6.43. The number of nitrogens with zero attached hydrogens (tertiary/aromatic N) is 7. The SMILES string of the molecule is CC(c1ccc(Nc2nccc(-c3cnc(N4CCC(F)C4)c(C#N)c3)n2)cn1)N1CCOCC1. The van der Waals surface area contributed by atoms with E-state index >= 15 is 0 Å². The molecule has 0 saturated carbocycles. The Morgan fingerprint density at radius 1 is 1.14 bits per heavy atom. The largest absolute Gasteiger partial charge is 0.379 e. The highest BCUT2D eigenvalue weighted by Crippen LogP contribution is 2.28. The summed E-state index contributed by atoms with van der Waals surface area (Å²) in [6, 6.07) is 9.88. The van der Waals surface area contributed by atoms with Gasteiger partial charge in [0.2, 0.25) is 5.95 Å². The van der Waals surface area contributed by atoms with Crippen LogP contribution in [-0.2, 0) is 4.74 Å². The van der Waals surface area contributed by atoms with Crippen molar-refractivity contribution in [3.63, 3.8) is 0 Å². The normalized spacial score (nSPS) is 19.3. The summed E-state index contributed by atoms with van der Waals surface area (Å²) < 4.78 is 19.1. The number of nitriles is 1. The van der Waals surface area contributed by atoms with Gasteiger partial charge in [-0.05, 0) is 37.6 Å². The van der Waals surface area contributed by atoms with E-state index < -0.39 is 6.17 Å². The number of nitrogens with one attached hydrogen (secondary N) is 1. The number of anilines is 3. The Bertz CT molecular complexity index is 1210. The van der Waals surface area contributed by atoms with E-state index in [0.717, 1.165) is 37.7 Å². The molecule has 1 N–H and O–H groups in total. The molecule has 3 aromatic heterocycles. The molecule has 10 heteroatoms. The maximum absolute atomic E-state index is 13.6. The second-order valence-corrected chi connectivity index (χ2v) is 8.73. The standard InChI is InChI=1S/C25H27FN8O/c1-17(33-8-10-35-11-9-33)22-3-2-21(15-29-22)31-25-28-6-4-23(32-25)19-12-18(13-27)24(30-14-19)34-7-5-20(26)16-34/h2-4,6,12,14-15,17,20H,5,7-11,16H2,1H3,(H,28,31,32). The van der Waals surface area contributed by atoms with E-state index in [1.165, 1.54) is 0 Å². The minimum absolute atomic E-state index is 0.216. The lowest BCUT2D eigenvalue weighted by Crippen LogP contribution is -2.38. The minimum atomic E-state index is -0.885. The summed E-state index contributed by atoms with van der Waals surface area (Å²) in [4.78, 5) is 22.2. The fourth-order valence-corrected chi connectivity index (χ4v) is 4.43. The van der Waals surface area contributed by atoms with Gasteiger partial charge in [-0.25, -0.2) is 19.3 Å². The quantitative estimate of drug-likeness (QED) is 0.575. The molecule has 2 unspecified atom stereocenters. The van der Waals surface area contributed by atoms with Gasteiger partial charge in [0.15, 0.2) is 0 Å². The van der Waals surface area contributed by atoms with Crippen LogP contribution in [-0.4, -0.2) is 70.4 Å². The molecule has 2 fully saturated rings. The van der Waals surface area contributed by atoms with Crippen molar-refractivity contribution in [3.8, 4) is 17.3 Å². The Labute approximate surface area is 203 Å². The van der Waals surface area contributed by atoms with Crippen LogP contribution in [0.4, 0.5) is 21.8 Å². The van der Waals surface area contributed by atoms with Gasteiger partial charge in [0.25, 0.3) is 0 Å². The summed E-state index contributed by atoms with van der Waals surface area (Å²) in [6.07, 6.45) is 4.67. The van der Waals surface area contributed by atoms with E-state index in [-0.39, 0.29) is 12.6 Å². The molecule has 2 aliphatic heterocycles. The molecule has 5 heterocycles. The molecule has 35 heavy (non-hydrogen) atoms. The molecule has 0 bridgehead atoms. The van der Waals surface area contributed by atoms with Crippen LogP contribution in [0.25, 0.3) is 11.3 Å². The molecule has 0 spiro atoms. The Balaban J connectivity index is 1.30. The average Bonchev–Trinajstić information content (AvgIpc) is 3.35. The van der Waals surface area contributed by atoms with Gasteiger partial charge in [0, 0.05) is 43.6 Å². The lowest BCUT2D eigenvalue weighted by atomic mass is 10.1. The summed E-state index contributed by atoms with van der Waals surface area (Å²) in [5, 5.41) is 12.8. The lowest BCUT2D eigenvalue weighted by Gasteiger charge is -2.31. The molecular weight excluding hydrogens is 447 g/mol. The van der Waals surface area contributed by atoms with Crippen molar-refractivity contribution < 1.29 is 9.13 Å². The fourth-order valence-electron chi connectivity index (χ4n) is 4.43. The zero-order chi connectivity index (χ0) is 24.2. The second kappa shape index (κ2) is 10.3. The molecule has 0 amide bonds.